The maximum absolute atomic E-state index is 8.44. The van der Waals surface area contributed by atoms with Gasteiger partial charge < -0.3 is 45.0 Å². The van der Waals surface area contributed by atoms with Crippen molar-refractivity contribution in [3.8, 4) is 0 Å². The molecule has 0 amide bonds. The van der Waals surface area contributed by atoms with Crippen LogP contribution in [0.4, 0.5) is 14.4 Å². The molecule has 0 heterocycles. The third-order valence-electron chi connectivity index (χ3n) is 0. The first-order valence-corrected chi connectivity index (χ1v) is 1.90. The molecule has 0 aliphatic carbocycles. The number of carboxylic acid groups (broad SMARTS) is 6. The molecule has 9 nitrogen and oxygen atoms in total. The average Bonchev–Trinajstić information content (AvgIpc) is 1.54. The molecular weight excluding hydrogens is 278 g/mol. The fraction of sp³-hybridized carbons (Fsp3) is 0. The van der Waals surface area contributed by atoms with Gasteiger partial charge in [-0.05, 0) is 0 Å². The van der Waals surface area contributed by atoms with E-state index in [0.717, 1.165) is 0 Å². The number of hydrogen-bond acceptors (Lipinski definition) is 6. The van der Waals surface area contributed by atoms with Gasteiger partial charge in [0.15, 0.2) is 0 Å². The van der Waals surface area contributed by atoms with E-state index in [1.807, 2.05) is 0 Å². The fourth-order valence-electron chi connectivity index (χ4n) is 0. The van der Waals surface area contributed by atoms with Crippen molar-refractivity contribution in [3.63, 3.8) is 0 Å². The Morgan fingerprint density at radius 2 is 0.733 bits per heavy atom. The third kappa shape index (κ3) is 4410. The third-order valence-corrected chi connectivity index (χ3v) is 0. The Kier molecular flexibility index (Phi) is 70.5. The van der Waals surface area contributed by atoms with Crippen molar-refractivity contribution >= 4 is 18.5 Å². The molecule has 12 heteroatoms. The summed E-state index contributed by atoms with van der Waals surface area (Å²) >= 11 is 0. The van der Waals surface area contributed by atoms with E-state index in [0.29, 0.717) is 0 Å². The maximum atomic E-state index is 8.44. The summed E-state index contributed by atoms with van der Waals surface area (Å²) in [6.45, 7) is 0. The second-order valence-corrected chi connectivity index (χ2v) is 0.798. The van der Waals surface area contributed by atoms with Crippen LogP contribution in [-0.4, -0.2) is 33.8 Å². The molecule has 0 bridgehead atoms. The zero-order valence-corrected chi connectivity index (χ0v) is 13.8. The predicted molar refractivity (Wildman–Crippen MR) is 26.9 cm³/mol. The minimum Gasteiger partial charge on any atom is -0.565 e. The van der Waals surface area contributed by atoms with Crippen LogP contribution in [0.5, 0.6) is 0 Å². The van der Waals surface area contributed by atoms with Crippen molar-refractivity contribution in [2.75, 3.05) is 0 Å². The molecule has 0 aromatic heterocycles. The van der Waals surface area contributed by atoms with Crippen LogP contribution in [0.1, 0.15) is 0 Å². The first-order chi connectivity index (χ1) is 5.20. The summed E-state index contributed by atoms with van der Waals surface area (Å²) in [4.78, 5) is 25.3. The van der Waals surface area contributed by atoms with E-state index in [1.165, 1.54) is 0 Å². The Morgan fingerprint density at radius 1 is 0.733 bits per heavy atom. The molecule has 0 aliphatic rings. The zero-order chi connectivity index (χ0) is 10.7. The molecule has 15 heavy (non-hydrogen) atoms. The molecule has 3 N–H and O–H groups in total. The molecule has 0 unspecified atom stereocenters. The molecular formula is C3H5ClKNaO9. The maximum Gasteiger partial charge on any atom is 1.00 e. The molecule has 0 fully saturated rings. The molecule has 0 saturated carbocycles. The van der Waals surface area contributed by atoms with Crippen LogP contribution in [0.25, 0.3) is 0 Å². The molecule has 0 saturated heterocycles. The molecule has 0 radical (unpaired) electrons. The summed E-state index contributed by atoms with van der Waals surface area (Å²) in [5, 5.41) is 45.9. The fourth-order valence-corrected chi connectivity index (χ4v) is 0. The van der Waals surface area contributed by atoms with E-state index >= 15 is 0 Å². The smallest absolute Gasteiger partial charge is 0.565 e. The summed E-state index contributed by atoms with van der Waals surface area (Å²) in [6.07, 6.45) is -6.25. The van der Waals surface area contributed by atoms with E-state index in [-0.39, 0.29) is 93.3 Å². The van der Waals surface area contributed by atoms with Gasteiger partial charge in [-0.3, -0.25) is 0 Å². The van der Waals surface area contributed by atoms with Gasteiger partial charge in [0, 0.05) is 0 Å². The number of rotatable bonds is 0. The van der Waals surface area contributed by atoms with Crippen molar-refractivity contribution in [1.82, 2.24) is 0 Å². The van der Waals surface area contributed by atoms with Crippen LogP contribution in [0.2, 0.25) is 0 Å². The van der Waals surface area contributed by atoms with Crippen molar-refractivity contribution < 1.29 is 138 Å². The number of hydrogen-bond donors (Lipinski definition) is 3. The van der Waals surface area contributed by atoms with Crippen LogP contribution < -0.4 is 96.3 Å². The number of halogens is 1. The Labute approximate surface area is 154 Å². The monoisotopic (exact) mass is 282 g/mol. The van der Waals surface area contributed by atoms with Gasteiger partial charge in [-0.15, -0.1) is 0 Å². The van der Waals surface area contributed by atoms with Crippen molar-refractivity contribution in [2.24, 2.45) is 0 Å². The standard InChI is InChI=1S/3CH2O3.ClH2.K.Na/c3*2-1(3)4;;;/h3*(H2,2,3,4);1H2;;/q;;;3*+1/p-3. The first-order valence-electron chi connectivity index (χ1n) is 1.90. The summed E-state index contributed by atoms with van der Waals surface area (Å²) in [5.74, 6) is 0. The Bertz CT molecular complexity index is 123. The van der Waals surface area contributed by atoms with E-state index in [2.05, 4.69) is 0 Å². The average molecular weight is 283 g/mol. The van der Waals surface area contributed by atoms with Gasteiger partial charge in [-0.1, -0.05) is 0 Å². The second kappa shape index (κ2) is 29.3. The van der Waals surface area contributed by atoms with Gasteiger partial charge in [0.05, 0.1) is 12.4 Å². The van der Waals surface area contributed by atoms with E-state index in [1.54, 1.807) is 0 Å². The van der Waals surface area contributed by atoms with Crippen LogP contribution in [0, 0.1) is 12.4 Å². The molecule has 0 spiro atoms. The van der Waals surface area contributed by atoms with Gasteiger partial charge >= 0.3 is 80.9 Å². The Balaban J connectivity index is -0.0000000184. The summed E-state index contributed by atoms with van der Waals surface area (Å²) in [6, 6.07) is 0. The Morgan fingerprint density at radius 3 is 0.733 bits per heavy atom. The normalized spacial score (nSPS) is 4.80. The van der Waals surface area contributed by atoms with Gasteiger partial charge in [-0.25, -0.2) is 0 Å². The van der Waals surface area contributed by atoms with Crippen LogP contribution in [-0.2, 0) is 0 Å². The molecule has 0 atom stereocenters. The minimum atomic E-state index is -2.08. The molecule has 80 valence electrons. The second-order valence-electron chi connectivity index (χ2n) is 0.798. The molecule has 0 rings (SSSR count). The van der Waals surface area contributed by atoms with Gasteiger partial charge in [0.2, 0.25) is 18.5 Å². The van der Waals surface area contributed by atoms with E-state index in [9.17, 15) is 0 Å². The van der Waals surface area contributed by atoms with E-state index < -0.39 is 18.5 Å². The SMILES string of the molecule is O=C([O-])O.O=C([O-])O.O=C([O-])O.[ClH2+].[K+].[Na+]. The van der Waals surface area contributed by atoms with Crippen molar-refractivity contribution in [3.05, 3.63) is 0 Å². The van der Waals surface area contributed by atoms with Crippen LogP contribution in [0.15, 0.2) is 0 Å². The topological polar surface area (TPSA) is 181 Å². The largest absolute Gasteiger partial charge is 1.00 e. The zero-order valence-electron chi connectivity index (χ0n) is 7.74. The minimum absolute atomic E-state index is 0. The molecule has 0 aliphatic heterocycles. The van der Waals surface area contributed by atoms with E-state index in [4.69, 9.17) is 45.0 Å². The first kappa shape index (κ1) is 36.0. The summed E-state index contributed by atoms with van der Waals surface area (Å²) in [7, 11) is 0. The molecule has 0 aromatic rings. The summed E-state index contributed by atoms with van der Waals surface area (Å²) in [5.41, 5.74) is 0. The number of carbonyl (C=O) groups is 3. The predicted octanol–water partition coefficient (Wildman–Crippen LogP) is -9.86. The van der Waals surface area contributed by atoms with Gasteiger partial charge in [-0.2, -0.15) is 0 Å². The summed E-state index contributed by atoms with van der Waals surface area (Å²) < 4.78 is 0. The van der Waals surface area contributed by atoms with Gasteiger partial charge in [0.25, 0.3) is 0 Å². The quantitative estimate of drug-likeness (QED) is 0.363. The van der Waals surface area contributed by atoms with Gasteiger partial charge in [0.1, 0.15) is 0 Å². The van der Waals surface area contributed by atoms with Crippen molar-refractivity contribution in [1.29, 1.82) is 0 Å². The Hall–Kier alpha value is 0.736. The van der Waals surface area contributed by atoms with Crippen molar-refractivity contribution in [2.45, 2.75) is 0 Å². The van der Waals surface area contributed by atoms with Crippen LogP contribution >= 0.6 is 0 Å². The molecule has 0 aromatic carbocycles. The van der Waals surface area contributed by atoms with Crippen LogP contribution in [0.3, 0.4) is 0 Å².